The number of benzene rings is 1. The monoisotopic (exact) mass is 325 g/mol. The van der Waals surface area contributed by atoms with Crippen LogP contribution in [-0.2, 0) is 6.18 Å². The summed E-state index contributed by atoms with van der Waals surface area (Å²) >= 11 is 0. The number of anilines is 1. The summed E-state index contributed by atoms with van der Waals surface area (Å²) in [6, 6.07) is 7.29. The van der Waals surface area contributed by atoms with Crippen molar-refractivity contribution in [3.05, 3.63) is 47.7 Å². The van der Waals surface area contributed by atoms with E-state index in [1.54, 1.807) is 18.2 Å². The maximum Gasteiger partial charge on any atom is 0.417 e. The van der Waals surface area contributed by atoms with E-state index in [1.165, 1.54) is 26.5 Å². The molecule has 23 heavy (non-hydrogen) atoms. The highest BCUT2D eigenvalue weighted by Gasteiger charge is 2.30. The van der Waals surface area contributed by atoms with Crippen molar-refractivity contribution in [1.29, 1.82) is 0 Å². The van der Waals surface area contributed by atoms with Gasteiger partial charge in [-0.2, -0.15) is 18.3 Å². The molecule has 5 nitrogen and oxygen atoms in total. The third-order valence-electron chi connectivity index (χ3n) is 2.91. The van der Waals surface area contributed by atoms with Crippen LogP contribution in [0.2, 0.25) is 0 Å². The molecule has 0 unspecified atom stereocenters. The molecule has 0 saturated carbocycles. The molecule has 1 aromatic heterocycles. The molecule has 0 atom stereocenters. The van der Waals surface area contributed by atoms with E-state index in [4.69, 9.17) is 9.47 Å². The van der Waals surface area contributed by atoms with Gasteiger partial charge in [-0.15, -0.1) is 0 Å². The topological polar surface area (TPSA) is 55.7 Å². The lowest BCUT2D eigenvalue weighted by atomic mass is 10.2. The zero-order valence-electron chi connectivity index (χ0n) is 12.4. The summed E-state index contributed by atoms with van der Waals surface area (Å²) in [7, 11) is 3.05. The highest BCUT2D eigenvalue weighted by Crippen LogP contribution is 2.28. The minimum absolute atomic E-state index is 0.191. The van der Waals surface area contributed by atoms with Gasteiger partial charge in [-0.3, -0.25) is 5.43 Å². The fourth-order valence-electron chi connectivity index (χ4n) is 1.74. The van der Waals surface area contributed by atoms with Crippen molar-refractivity contribution in [2.75, 3.05) is 19.6 Å². The van der Waals surface area contributed by atoms with Gasteiger partial charge in [-0.05, 0) is 30.3 Å². The van der Waals surface area contributed by atoms with Crippen LogP contribution < -0.4 is 14.9 Å². The normalized spacial score (nSPS) is 11.5. The summed E-state index contributed by atoms with van der Waals surface area (Å²) in [6.45, 7) is 0. The standard InChI is InChI=1S/C15H14F3N3O2/c1-22-12-4-5-13(23-2)10(7-12)8-20-21-14-6-3-11(9-19-14)15(16,17)18/h3-9H,1-2H3,(H,19,21)/b20-8-. The lowest BCUT2D eigenvalue weighted by molar-refractivity contribution is -0.137. The fraction of sp³-hybridized carbons (Fsp3) is 0.200. The zero-order chi connectivity index (χ0) is 16.9. The Morgan fingerprint density at radius 1 is 1.13 bits per heavy atom. The molecule has 0 spiro atoms. The number of halogens is 3. The number of aromatic nitrogens is 1. The number of methoxy groups -OCH3 is 2. The van der Waals surface area contributed by atoms with Crippen molar-refractivity contribution in [2.24, 2.45) is 5.10 Å². The average Bonchev–Trinajstić information content (AvgIpc) is 2.54. The first-order valence-electron chi connectivity index (χ1n) is 6.48. The molecule has 8 heteroatoms. The van der Waals surface area contributed by atoms with Gasteiger partial charge in [0.15, 0.2) is 0 Å². The van der Waals surface area contributed by atoms with Crippen LogP contribution in [0, 0.1) is 0 Å². The van der Waals surface area contributed by atoms with Crippen LogP contribution in [0.4, 0.5) is 19.0 Å². The Morgan fingerprint density at radius 2 is 1.91 bits per heavy atom. The second kappa shape index (κ2) is 6.99. The third-order valence-corrected chi connectivity index (χ3v) is 2.91. The third kappa shape index (κ3) is 4.35. The van der Waals surface area contributed by atoms with Crippen molar-refractivity contribution in [3.63, 3.8) is 0 Å². The zero-order valence-corrected chi connectivity index (χ0v) is 12.4. The second-order valence-electron chi connectivity index (χ2n) is 4.41. The van der Waals surface area contributed by atoms with Gasteiger partial charge in [-0.1, -0.05) is 0 Å². The van der Waals surface area contributed by atoms with Gasteiger partial charge in [0.2, 0.25) is 0 Å². The predicted molar refractivity (Wildman–Crippen MR) is 80.0 cm³/mol. The molecule has 2 rings (SSSR count). The summed E-state index contributed by atoms with van der Waals surface area (Å²) in [5.41, 5.74) is 2.38. The summed E-state index contributed by atoms with van der Waals surface area (Å²) in [5.74, 6) is 1.40. The number of hydrogen-bond donors (Lipinski definition) is 1. The number of alkyl halides is 3. The van der Waals surface area contributed by atoms with Crippen molar-refractivity contribution in [3.8, 4) is 11.5 Å². The number of nitrogens with zero attached hydrogens (tertiary/aromatic N) is 2. The van der Waals surface area contributed by atoms with Crippen LogP contribution in [-0.4, -0.2) is 25.4 Å². The molecule has 0 bridgehead atoms. The average molecular weight is 325 g/mol. The Hall–Kier alpha value is -2.77. The Labute approximate surface area is 130 Å². The summed E-state index contributed by atoms with van der Waals surface area (Å²) in [6.07, 6.45) is -2.21. The molecule has 0 aliphatic heterocycles. The van der Waals surface area contributed by atoms with Gasteiger partial charge >= 0.3 is 6.18 Å². The van der Waals surface area contributed by atoms with Gasteiger partial charge in [0, 0.05) is 11.8 Å². The van der Waals surface area contributed by atoms with Crippen LogP contribution in [0.25, 0.3) is 0 Å². The molecule has 0 amide bonds. The minimum Gasteiger partial charge on any atom is -0.497 e. The van der Waals surface area contributed by atoms with Gasteiger partial charge in [0.05, 0.1) is 26.0 Å². The van der Waals surface area contributed by atoms with E-state index in [9.17, 15) is 13.2 Å². The first kappa shape index (κ1) is 16.6. The predicted octanol–water partition coefficient (Wildman–Crippen LogP) is 3.56. The molecule has 1 N–H and O–H groups in total. The van der Waals surface area contributed by atoms with Crippen molar-refractivity contribution in [1.82, 2.24) is 4.98 Å². The molecule has 0 aliphatic carbocycles. The van der Waals surface area contributed by atoms with Gasteiger partial charge < -0.3 is 9.47 Å². The maximum absolute atomic E-state index is 12.4. The molecular weight excluding hydrogens is 311 g/mol. The first-order valence-corrected chi connectivity index (χ1v) is 6.48. The van der Waals surface area contributed by atoms with Crippen molar-refractivity contribution in [2.45, 2.75) is 6.18 Å². The first-order chi connectivity index (χ1) is 10.9. The van der Waals surface area contributed by atoms with Crippen LogP contribution in [0.3, 0.4) is 0 Å². The lowest BCUT2D eigenvalue weighted by Crippen LogP contribution is -2.05. The number of ether oxygens (including phenoxy) is 2. The van der Waals surface area contributed by atoms with E-state index < -0.39 is 11.7 Å². The number of hydrogen-bond acceptors (Lipinski definition) is 5. The fourth-order valence-corrected chi connectivity index (χ4v) is 1.74. The van der Waals surface area contributed by atoms with E-state index in [0.29, 0.717) is 17.1 Å². The molecule has 1 heterocycles. The van der Waals surface area contributed by atoms with Crippen LogP contribution >= 0.6 is 0 Å². The number of hydrazone groups is 1. The van der Waals surface area contributed by atoms with E-state index in [1.807, 2.05) is 0 Å². The molecular formula is C15H14F3N3O2. The highest BCUT2D eigenvalue weighted by molar-refractivity contribution is 5.84. The lowest BCUT2D eigenvalue weighted by Gasteiger charge is -2.07. The molecule has 0 aliphatic rings. The smallest absolute Gasteiger partial charge is 0.417 e. The Bertz CT molecular complexity index is 685. The van der Waals surface area contributed by atoms with Crippen LogP contribution in [0.1, 0.15) is 11.1 Å². The number of nitrogens with one attached hydrogen (secondary N) is 1. The Kier molecular flexibility index (Phi) is 5.05. The molecule has 122 valence electrons. The molecule has 0 saturated heterocycles. The summed E-state index contributed by atoms with van der Waals surface area (Å²) in [4.78, 5) is 3.65. The second-order valence-corrected chi connectivity index (χ2v) is 4.41. The Balaban J connectivity index is 2.10. The number of pyridine rings is 1. The number of rotatable bonds is 5. The quantitative estimate of drug-likeness (QED) is 0.674. The van der Waals surface area contributed by atoms with E-state index in [-0.39, 0.29) is 5.82 Å². The highest BCUT2D eigenvalue weighted by atomic mass is 19.4. The summed E-state index contributed by atoms with van der Waals surface area (Å²) < 4.78 is 47.6. The Morgan fingerprint density at radius 3 is 2.48 bits per heavy atom. The van der Waals surface area contributed by atoms with E-state index >= 15 is 0 Å². The molecule has 0 radical (unpaired) electrons. The molecule has 0 fully saturated rings. The van der Waals surface area contributed by atoms with E-state index in [0.717, 1.165) is 12.3 Å². The summed E-state index contributed by atoms with van der Waals surface area (Å²) in [5, 5.41) is 3.93. The maximum atomic E-state index is 12.4. The van der Waals surface area contributed by atoms with Crippen LogP contribution in [0.15, 0.2) is 41.6 Å². The van der Waals surface area contributed by atoms with Gasteiger partial charge in [0.25, 0.3) is 0 Å². The largest absolute Gasteiger partial charge is 0.497 e. The van der Waals surface area contributed by atoms with Gasteiger partial charge in [-0.25, -0.2) is 4.98 Å². The molecule has 2 aromatic rings. The van der Waals surface area contributed by atoms with Crippen LogP contribution in [0.5, 0.6) is 11.5 Å². The SMILES string of the molecule is COc1ccc(OC)c(/C=N\Nc2ccc(C(F)(F)F)cn2)c1. The van der Waals surface area contributed by atoms with Gasteiger partial charge in [0.1, 0.15) is 17.3 Å². The van der Waals surface area contributed by atoms with Crippen molar-refractivity contribution < 1.29 is 22.6 Å². The van der Waals surface area contributed by atoms with Crippen molar-refractivity contribution >= 4 is 12.0 Å². The minimum atomic E-state index is -4.41. The molecule has 1 aromatic carbocycles. The van der Waals surface area contributed by atoms with E-state index in [2.05, 4.69) is 15.5 Å².